The van der Waals surface area contributed by atoms with E-state index >= 15 is 0 Å². The summed E-state index contributed by atoms with van der Waals surface area (Å²) in [6.07, 6.45) is 10.9. The van der Waals surface area contributed by atoms with E-state index in [1.807, 2.05) is 6.92 Å². The first-order valence-electron chi connectivity index (χ1n) is 4.52. The van der Waals surface area contributed by atoms with E-state index < -0.39 is 0 Å². The Balaban J connectivity index is 2.07. The van der Waals surface area contributed by atoms with E-state index in [9.17, 15) is 0 Å². The highest BCUT2D eigenvalue weighted by Gasteiger charge is 2.14. The van der Waals surface area contributed by atoms with E-state index in [1.165, 1.54) is 25.7 Å². The summed E-state index contributed by atoms with van der Waals surface area (Å²) in [6, 6.07) is 0.246. The van der Waals surface area contributed by atoms with Crippen LogP contribution in [-0.2, 0) is 0 Å². The fraction of sp³-hybridized carbons (Fsp3) is 0.800. The molecule has 1 N–H and O–H groups in total. The molecule has 1 aliphatic carbocycles. The Morgan fingerprint density at radius 2 is 2.18 bits per heavy atom. The first kappa shape index (κ1) is 8.62. The van der Waals surface area contributed by atoms with E-state index in [2.05, 4.69) is 11.2 Å². The highest BCUT2D eigenvalue weighted by molar-refractivity contribution is 4.95. The molecule has 11 heavy (non-hydrogen) atoms. The Bertz CT molecular complexity index is 139. The minimum absolute atomic E-state index is 0.246. The summed E-state index contributed by atoms with van der Waals surface area (Å²) >= 11 is 0. The quantitative estimate of drug-likeness (QED) is 0.606. The molecule has 0 aliphatic heterocycles. The smallest absolute Gasteiger partial charge is 0.0658 e. The van der Waals surface area contributed by atoms with E-state index in [0.29, 0.717) is 0 Å². The lowest BCUT2D eigenvalue weighted by atomic mass is 10.1. The van der Waals surface area contributed by atoms with Crippen LogP contribution in [-0.4, -0.2) is 12.6 Å². The standard InChI is InChI=1S/C10H17N/c1-3-9(2)11-8-10-6-4-5-7-10/h1,9-11H,4-8H2,2H3. The second-order valence-corrected chi connectivity index (χ2v) is 3.45. The van der Waals surface area contributed by atoms with Gasteiger partial charge < -0.3 is 5.32 Å². The first-order chi connectivity index (χ1) is 5.33. The Morgan fingerprint density at radius 1 is 1.55 bits per heavy atom. The monoisotopic (exact) mass is 151 g/mol. The molecule has 1 atom stereocenters. The van der Waals surface area contributed by atoms with Gasteiger partial charge in [-0.2, -0.15) is 0 Å². The summed E-state index contributed by atoms with van der Waals surface area (Å²) in [5, 5.41) is 3.34. The molecule has 1 fully saturated rings. The zero-order valence-electron chi connectivity index (χ0n) is 7.27. The Morgan fingerprint density at radius 3 is 2.73 bits per heavy atom. The fourth-order valence-corrected chi connectivity index (χ4v) is 1.62. The third-order valence-corrected chi connectivity index (χ3v) is 2.44. The summed E-state index contributed by atoms with van der Waals surface area (Å²) in [6.45, 7) is 3.15. The van der Waals surface area contributed by atoms with Gasteiger partial charge in [-0.3, -0.25) is 0 Å². The van der Waals surface area contributed by atoms with Gasteiger partial charge in [0.05, 0.1) is 6.04 Å². The van der Waals surface area contributed by atoms with Crippen molar-refractivity contribution >= 4 is 0 Å². The molecule has 1 aliphatic rings. The number of terminal acetylenes is 1. The van der Waals surface area contributed by atoms with E-state index in [4.69, 9.17) is 6.42 Å². The molecule has 1 unspecified atom stereocenters. The molecule has 0 aromatic heterocycles. The van der Waals surface area contributed by atoms with Gasteiger partial charge in [0.15, 0.2) is 0 Å². The highest BCUT2D eigenvalue weighted by Crippen LogP contribution is 2.23. The molecule has 0 aromatic rings. The summed E-state index contributed by atoms with van der Waals surface area (Å²) in [5.41, 5.74) is 0. The lowest BCUT2D eigenvalue weighted by molar-refractivity contribution is 0.478. The topological polar surface area (TPSA) is 12.0 Å². The van der Waals surface area contributed by atoms with Gasteiger partial charge in [0.25, 0.3) is 0 Å². The van der Waals surface area contributed by atoms with Gasteiger partial charge in [0.1, 0.15) is 0 Å². The second kappa shape index (κ2) is 4.41. The summed E-state index contributed by atoms with van der Waals surface area (Å²) < 4.78 is 0. The number of nitrogens with one attached hydrogen (secondary N) is 1. The van der Waals surface area contributed by atoms with Gasteiger partial charge in [-0.1, -0.05) is 18.8 Å². The van der Waals surface area contributed by atoms with Crippen LogP contribution in [0, 0.1) is 18.3 Å². The molecule has 1 rings (SSSR count). The van der Waals surface area contributed by atoms with E-state index in [1.54, 1.807) is 0 Å². The van der Waals surface area contributed by atoms with Crippen molar-refractivity contribution in [2.75, 3.05) is 6.54 Å². The van der Waals surface area contributed by atoms with Crippen LogP contribution in [0.25, 0.3) is 0 Å². The molecule has 1 saturated carbocycles. The summed E-state index contributed by atoms with van der Waals surface area (Å²) in [4.78, 5) is 0. The van der Waals surface area contributed by atoms with E-state index in [0.717, 1.165) is 12.5 Å². The number of hydrogen-bond acceptors (Lipinski definition) is 1. The normalized spacial score (nSPS) is 21.5. The molecule has 0 amide bonds. The van der Waals surface area contributed by atoms with Gasteiger partial charge in [-0.05, 0) is 32.2 Å². The molecule has 1 nitrogen and oxygen atoms in total. The molecule has 0 bridgehead atoms. The zero-order chi connectivity index (χ0) is 8.10. The Labute approximate surface area is 69.6 Å². The maximum atomic E-state index is 5.24. The van der Waals surface area contributed by atoms with Crippen molar-refractivity contribution in [3.63, 3.8) is 0 Å². The minimum atomic E-state index is 0.246. The average molecular weight is 151 g/mol. The number of rotatable bonds is 3. The third-order valence-electron chi connectivity index (χ3n) is 2.44. The highest BCUT2D eigenvalue weighted by atomic mass is 14.9. The second-order valence-electron chi connectivity index (χ2n) is 3.45. The number of hydrogen-bond donors (Lipinski definition) is 1. The van der Waals surface area contributed by atoms with Crippen molar-refractivity contribution in [1.29, 1.82) is 0 Å². The van der Waals surface area contributed by atoms with Crippen LogP contribution in [0.2, 0.25) is 0 Å². The molecule has 62 valence electrons. The van der Waals surface area contributed by atoms with Crippen LogP contribution in [0.5, 0.6) is 0 Å². The summed E-state index contributed by atoms with van der Waals surface area (Å²) in [7, 11) is 0. The van der Waals surface area contributed by atoms with Gasteiger partial charge in [0.2, 0.25) is 0 Å². The zero-order valence-corrected chi connectivity index (χ0v) is 7.27. The van der Waals surface area contributed by atoms with Gasteiger partial charge in [0, 0.05) is 0 Å². The minimum Gasteiger partial charge on any atom is -0.304 e. The van der Waals surface area contributed by atoms with Crippen molar-refractivity contribution in [1.82, 2.24) is 5.32 Å². The lowest BCUT2D eigenvalue weighted by Crippen LogP contribution is -2.29. The molecule has 1 heteroatoms. The van der Waals surface area contributed by atoms with Crippen LogP contribution in [0.1, 0.15) is 32.6 Å². The van der Waals surface area contributed by atoms with Crippen LogP contribution >= 0.6 is 0 Å². The van der Waals surface area contributed by atoms with Gasteiger partial charge in [-0.25, -0.2) is 0 Å². The van der Waals surface area contributed by atoms with Gasteiger partial charge in [-0.15, -0.1) is 6.42 Å². The van der Waals surface area contributed by atoms with Crippen LogP contribution < -0.4 is 5.32 Å². The fourth-order valence-electron chi connectivity index (χ4n) is 1.62. The van der Waals surface area contributed by atoms with E-state index in [-0.39, 0.29) is 6.04 Å². The summed E-state index contributed by atoms with van der Waals surface area (Å²) in [5.74, 6) is 3.57. The van der Waals surface area contributed by atoms with Crippen LogP contribution in [0.3, 0.4) is 0 Å². The van der Waals surface area contributed by atoms with Gasteiger partial charge >= 0.3 is 0 Å². The predicted molar refractivity (Wildman–Crippen MR) is 48.3 cm³/mol. The lowest BCUT2D eigenvalue weighted by Gasteiger charge is -2.12. The molecule has 0 saturated heterocycles. The largest absolute Gasteiger partial charge is 0.304 e. The van der Waals surface area contributed by atoms with Crippen molar-refractivity contribution in [2.45, 2.75) is 38.6 Å². The maximum absolute atomic E-state index is 5.24. The van der Waals surface area contributed by atoms with Crippen molar-refractivity contribution in [3.8, 4) is 12.3 Å². The Hall–Kier alpha value is -0.480. The van der Waals surface area contributed by atoms with Crippen molar-refractivity contribution < 1.29 is 0 Å². The van der Waals surface area contributed by atoms with Crippen LogP contribution in [0.15, 0.2) is 0 Å². The SMILES string of the molecule is C#CC(C)NCC1CCCC1. The Kier molecular flexibility index (Phi) is 3.45. The molecular weight excluding hydrogens is 134 g/mol. The molecule has 0 aromatic carbocycles. The van der Waals surface area contributed by atoms with Crippen LogP contribution in [0.4, 0.5) is 0 Å². The molecule has 0 spiro atoms. The molecular formula is C10H17N. The molecule has 0 heterocycles. The first-order valence-corrected chi connectivity index (χ1v) is 4.52. The third kappa shape index (κ3) is 2.95. The molecule has 0 radical (unpaired) electrons. The maximum Gasteiger partial charge on any atom is 0.0658 e. The average Bonchev–Trinajstić information content (AvgIpc) is 2.52. The van der Waals surface area contributed by atoms with Crippen molar-refractivity contribution in [3.05, 3.63) is 0 Å². The predicted octanol–water partition coefficient (Wildman–Crippen LogP) is 1.79. The van der Waals surface area contributed by atoms with Crippen molar-refractivity contribution in [2.24, 2.45) is 5.92 Å².